The van der Waals surface area contributed by atoms with Crippen LogP contribution in [0.4, 0.5) is 0 Å². The average molecular weight is 213 g/mol. The number of nitrogens with zero attached hydrogens (tertiary/aromatic N) is 2. The first kappa shape index (κ1) is 12.9. The van der Waals surface area contributed by atoms with E-state index >= 15 is 0 Å². The summed E-state index contributed by atoms with van der Waals surface area (Å²) in [6.45, 7) is 14.6. The molecule has 0 atom stereocenters. The van der Waals surface area contributed by atoms with Crippen molar-refractivity contribution in [3.63, 3.8) is 0 Å². The van der Waals surface area contributed by atoms with Crippen LogP contribution in [0, 0.1) is 5.41 Å². The highest BCUT2D eigenvalue weighted by molar-refractivity contribution is 4.92. The monoisotopic (exact) mass is 213 g/mol. The van der Waals surface area contributed by atoms with E-state index in [1.54, 1.807) is 0 Å². The molecule has 0 amide bonds. The highest BCUT2D eigenvalue weighted by atomic mass is 15.2. The van der Waals surface area contributed by atoms with Gasteiger partial charge in [-0.1, -0.05) is 13.8 Å². The lowest BCUT2D eigenvalue weighted by atomic mass is 9.75. The minimum atomic E-state index is -0.115. The number of piperazine rings is 1. The molecule has 1 aliphatic rings. The maximum atomic E-state index is 6.22. The summed E-state index contributed by atoms with van der Waals surface area (Å²) in [7, 11) is 2.19. The minimum absolute atomic E-state index is 0.115. The molecule has 0 aromatic heterocycles. The van der Waals surface area contributed by atoms with Gasteiger partial charge in [0.1, 0.15) is 0 Å². The first-order valence-corrected chi connectivity index (χ1v) is 5.92. The van der Waals surface area contributed by atoms with Crippen molar-refractivity contribution in [2.45, 2.75) is 33.2 Å². The Balaban J connectivity index is 2.48. The molecule has 0 aromatic rings. The lowest BCUT2D eigenvalue weighted by molar-refractivity contribution is 0.0764. The fraction of sp³-hybridized carbons (Fsp3) is 1.00. The van der Waals surface area contributed by atoms with Crippen LogP contribution >= 0.6 is 0 Å². The van der Waals surface area contributed by atoms with Gasteiger partial charge in [0.2, 0.25) is 0 Å². The molecule has 3 nitrogen and oxygen atoms in total. The van der Waals surface area contributed by atoms with E-state index in [1.807, 2.05) is 0 Å². The predicted molar refractivity (Wildman–Crippen MR) is 66.0 cm³/mol. The summed E-state index contributed by atoms with van der Waals surface area (Å²) in [6, 6.07) is 0. The zero-order valence-corrected chi connectivity index (χ0v) is 11.0. The molecule has 1 aliphatic heterocycles. The summed E-state index contributed by atoms with van der Waals surface area (Å²) in [6.07, 6.45) is 0. The summed E-state index contributed by atoms with van der Waals surface area (Å²) in [4.78, 5) is 4.92. The summed E-state index contributed by atoms with van der Waals surface area (Å²) >= 11 is 0. The molecule has 0 aliphatic carbocycles. The van der Waals surface area contributed by atoms with E-state index in [4.69, 9.17) is 5.73 Å². The van der Waals surface area contributed by atoms with Crippen molar-refractivity contribution in [1.29, 1.82) is 0 Å². The van der Waals surface area contributed by atoms with Gasteiger partial charge in [-0.3, -0.25) is 0 Å². The van der Waals surface area contributed by atoms with Gasteiger partial charge in [0.05, 0.1) is 0 Å². The molecule has 0 bridgehead atoms. The van der Waals surface area contributed by atoms with Crippen LogP contribution < -0.4 is 5.73 Å². The van der Waals surface area contributed by atoms with Gasteiger partial charge >= 0.3 is 0 Å². The molecule has 90 valence electrons. The summed E-state index contributed by atoms with van der Waals surface area (Å²) in [5.41, 5.74) is 6.28. The van der Waals surface area contributed by atoms with Crippen LogP contribution in [0.3, 0.4) is 0 Å². The van der Waals surface area contributed by atoms with Gasteiger partial charge < -0.3 is 15.5 Å². The molecule has 1 rings (SSSR count). The standard InChI is InChI=1S/C12H27N3/c1-11(2,12(3,4)13)10-15-8-6-14(5)7-9-15/h6-10,13H2,1-5H3. The van der Waals surface area contributed by atoms with Crippen LogP contribution in [0.1, 0.15) is 27.7 Å². The van der Waals surface area contributed by atoms with E-state index in [-0.39, 0.29) is 11.0 Å². The average Bonchev–Trinajstić information content (AvgIpc) is 2.06. The second-order valence-corrected chi connectivity index (χ2v) is 6.18. The van der Waals surface area contributed by atoms with E-state index in [0.29, 0.717) is 0 Å². The normalized spacial score (nSPS) is 22.0. The third-order valence-electron chi connectivity index (χ3n) is 3.96. The number of hydrogen-bond acceptors (Lipinski definition) is 3. The maximum absolute atomic E-state index is 6.22. The van der Waals surface area contributed by atoms with Crippen molar-refractivity contribution in [3.8, 4) is 0 Å². The Morgan fingerprint density at radius 1 is 1.00 bits per heavy atom. The van der Waals surface area contributed by atoms with E-state index in [1.165, 1.54) is 26.2 Å². The highest BCUT2D eigenvalue weighted by Gasteiger charge is 2.35. The first-order valence-electron chi connectivity index (χ1n) is 5.92. The van der Waals surface area contributed by atoms with Gasteiger partial charge in [0, 0.05) is 38.3 Å². The number of hydrogen-bond donors (Lipinski definition) is 1. The quantitative estimate of drug-likeness (QED) is 0.759. The molecular weight excluding hydrogens is 186 g/mol. The third-order valence-corrected chi connectivity index (χ3v) is 3.96. The van der Waals surface area contributed by atoms with Gasteiger partial charge in [-0.15, -0.1) is 0 Å². The topological polar surface area (TPSA) is 32.5 Å². The van der Waals surface area contributed by atoms with Gasteiger partial charge in [0.25, 0.3) is 0 Å². The smallest absolute Gasteiger partial charge is 0.0161 e. The highest BCUT2D eigenvalue weighted by Crippen LogP contribution is 2.29. The lowest BCUT2D eigenvalue weighted by Gasteiger charge is -2.44. The summed E-state index contributed by atoms with van der Waals surface area (Å²) in [5.74, 6) is 0. The number of rotatable bonds is 3. The molecule has 1 saturated heterocycles. The molecule has 0 saturated carbocycles. The van der Waals surface area contributed by atoms with Crippen LogP contribution in [0.15, 0.2) is 0 Å². The van der Waals surface area contributed by atoms with E-state index in [0.717, 1.165) is 6.54 Å². The van der Waals surface area contributed by atoms with Gasteiger partial charge in [-0.2, -0.15) is 0 Å². The molecule has 1 fully saturated rings. The van der Waals surface area contributed by atoms with E-state index in [9.17, 15) is 0 Å². The van der Waals surface area contributed by atoms with Crippen LogP contribution in [-0.2, 0) is 0 Å². The Kier molecular flexibility index (Phi) is 3.80. The molecule has 15 heavy (non-hydrogen) atoms. The summed E-state index contributed by atoms with van der Waals surface area (Å²) in [5, 5.41) is 0. The van der Waals surface area contributed by atoms with E-state index < -0.39 is 0 Å². The Morgan fingerprint density at radius 3 is 1.87 bits per heavy atom. The second-order valence-electron chi connectivity index (χ2n) is 6.18. The predicted octanol–water partition coefficient (Wildman–Crippen LogP) is 0.997. The van der Waals surface area contributed by atoms with Gasteiger partial charge in [0.15, 0.2) is 0 Å². The Labute approximate surface area is 94.6 Å². The van der Waals surface area contributed by atoms with Gasteiger partial charge in [-0.05, 0) is 26.3 Å². The molecule has 0 radical (unpaired) electrons. The van der Waals surface area contributed by atoms with E-state index in [2.05, 4.69) is 44.5 Å². The molecular formula is C12H27N3. The molecule has 0 aromatic carbocycles. The van der Waals surface area contributed by atoms with Crippen molar-refractivity contribution < 1.29 is 0 Å². The van der Waals surface area contributed by atoms with Crippen molar-refractivity contribution in [3.05, 3.63) is 0 Å². The van der Waals surface area contributed by atoms with Crippen molar-refractivity contribution in [2.75, 3.05) is 39.8 Å². The lowest BCUT2D eigenvalue weighted by Crippen LogP contribution is -2.55. The second kappa shape index (κ2) is 4.40. The Morgan fingerprint density at radius 2 is 1.47 bits per heavy atom. The fourth-order valence-electron chi connectivity index (χ4n) is 1.77. The molecule has 0 spiro atoms. The maximum Gasteiger partial charge on any atom is 0.0161 e. The Bertz CT molecular complexity index is 197. The largest absolute Gasteiger partial charge is 0.325 e. The van der Waals surface area contributed by atoms with Crippen molar-refractivity contribution in [2.24, 2.45) is 11.1 Å². The Hall–Kier alpha value is -0.120. The minimum Gasteiger partial charge on any atom is -0.325 e. The van der Waals surface area contributed by atoms with Crippen molar-refractivity contribution in [1.82, 2.24) is 9.80 Å². The van der Waals surface area contributed by atoms with Crippen LogP contribution in [-0.4, -0.2) is 55.1 Å². The fourth-order valence-corrected chi connectivity index (χ4v) is 1.77. The van der Waals surface area contributed by atoms with Crippen LogP contribution in [0.5, 0.6) is 0 Å². The molecule has 0 unspecified atom stereocenters. The molecule has 1 heterocycles. The van der Waals surface area contributed by atoms with Gasteiger partial charge in [-0.25, -0.2) is 0 Å². The first-order chi connectivity index (χ1) is 6.72. The van der Waals surface area contributed by atoms with Crippen molar-refractivity contribution >= 4 is 0 Å². The molecule has 2 N–H and O–H groups in total. The third kappa shape index (κ3) is 3.44. The SMILES string of the molecule is CN1CCN(CC(C)(C)C(C)(C)N)CC1. The zero-order chi connectivity index (χ0) is 11.7. The number of nitrogens with two attached hydrogens (primary N) is 1. The number of likely N-dealkylation sites (N-methyl/N-ethyl adjacent to an activating group) is 1. The van der Waals surface area contributed by atoms with Crippen LogP contribution in [0.2, 0.25) is 0 Å². The zero-order valence-electron chi connectivity index (χ0n) is 11.0. The van der Waals surface area contributed by atoms with Crippen LogP contribution in [0.25, 0.3) is 0 Å². The summed E-state index contributed by atoms with van der Waals surface area (Å²) < 4.78 is 0. The molecule has 3 heteroatoms.